The van der Waals surface area contributed by atoms with Crippen LogP contribution in [0.25, 0.3) is 0 Å². The Morgan fingerprint density at radius 3 is 2.74 bits per heavy atom. The highest BCUT2D eigenvalue weighted by molar-refractivity contribution is 6.29. The average molecular weight is 280 g/mol. The van der Waals surface area contributed by atoms with E-state index < -0.39 is 5.97 Å². The summed E-state index contributed by atoms with van der Waals surface area (Å²) in [6, 6.07) is 9.33. The minimum atomic E-state index is -1.12. The fourth-order valence-corrected chi connectivity index (χ4v) is 1.70. The Kier molecular flexibility index (Phi) is 3.99. The van der Waals surface area contributed by atoms with Gasteiger partial charge in [0.25, 0.3) is 0 Å². The third kappa shape index (κ3) is 3.21. The zero-order chi connectivity index (χ0) is 13.8. The van der Waals surface area contributed by atoms with E-state index >= 15 is 0 Å². The van der Waals surface area contributed by atoms with Crippen molar-refractivity contribution in [3.8, 4) is 11.6 Å². The quantitative estimate of drug-likeness (QED) is 0.841. The molecule has 19 heavy (non-hydrogen) atoms. The highest BCUT2D eigenvalue weighted by Gasteiger charge is 2.10. The Labute approximate surface area is 114 Å². The number of carbonyl (C=O) groups is 1. The molecule has 0 amide bonds. The molecular weight excluding hydrogens is 270 g/mol. The van der Waals surface area contributed by atoms with Crippen LogP contribution in [0.4, 0.5) is 0 Å². The zero-order valence-electron chi connectivity index (χ0n) is 9.71. The predicted molar refractivity (Wildman–Crippen MR) is 68.6 cm³/mol. The molecule has 1 aromatic carbocycles. The minimum absolute atomic E-state index is 0.0171. The molecule has 6 heteroatoms. The van der Waals surface area contributed by atoms with Crippen LogP contribution in [0.2, 0.25) is 5.15 Å². The topological polar surface area (TPSA) is 79.7 Å². The van der Waals surface area contributed by atoms with Crippen molar-refractivity contribution >= 4 is 17.6 Å². The summed E-state index contributed by atoms with van der Waals surface area (Å²) < 4.78 is 5.45. The van der Waals surface area contributed by atoms with Gasteiger partial charge in [0.05, 0.1) is 12.2 Å². The molecule has 0 unspecified atom stereocenters. The Hall–Kier alpha value is -2.11. The maximum Gasteiger partial charge on any atom is 0.335 e. The number of halogens is 1. The van der Waals surface area contributed by atoms with E-state index in [1.54, 1.807) is 24.3 Å². The molecule has 2 rings (SSSR count). The first-order valence-electron chi connectivity index (χ1n) is 5.37. The maximum atomic E-state index is 10.9. The third-order valence-electron chi connectivity index (χ3n) is 2.38. The molecule has 0 radical (unpaired) electrons. The molecule has 0 fully saturated rings. The van der Waals surface area contributed by atoms with Crippen LogP contribution < -0.4 is 4.74 Å². The summed E-state index contributed by atoms with van der Waals surface area (Å²) in [5, 5.41) is 18.1. The van der Waals surface area contributed by atoms with E-state index in [-0.39, 0.29) is 23.2 Å². The molecule has 0 atom stereocenters. The largest absolute Gasteiger partial charge is 0.478 e. The van der Waals surface area contributed by atoms with E-state index in [1.807, 2.05) is 0 Å². The van der Waals surface area contributed by atoms with Crippen molar-refractivity contribution in [3.05, 3.63) is 52.7 Å². The summed E-state index contributed by atoms with van der Waals surface area (Å²) in [4.78, 5) is 14.8. The molecular formula is C13H10ClNO4. The number of ether oxygens (including phenoxy) is 1. The molecule has 0 aliphatic heterocycles. The molecule has 1 heterocycles. The van der Waals surface area contributed by atoms with E-state index in [0.717, 1.165) is 0 Å². The number of nitrogens with zero attached hydrogens (tertiary/aromatic N) is 1. The van der Waals surface area contributed by atoms with E-state index in [4.69, 9.17) is 21.4 Å². The van der Waals surface area contributed by atoms with Crippen LogP contribution in [0.3, 0.4) is 0 Å². The number of aromatic nitrogens is 1. The van der Waals surface area contributed by atoms with Gasteiger partial charge >= 0.3 is 5.97 Å². The fourth-order valence-electron chi connectivity index (χ4n) is 1.50. The number of aliphatic hydroxyl groups excluding tert-OH is 1. The number of para-hydroxylation sites is 1. The second-order valence-electron chi connectivity index (χ2n) is 3.69. The Balaban J connectivity index is 2.35. The van der Waals surface area contributed by atoms with Crippen LogP contribution in [0.1, 0.15) is 15.9 Å². The number of aliphatic hydroxyl groups is 1. The standard InChI is InChI=1S/C13H10ClNO4/c14-11-5-9(13(17)18)6-12(15-11)19-10-4-2-1-3-8(10)7-16/h1-6,16H,7H2,(H,17,18). The lowest BCUT2D eigenvalue weighted by molar-refractivity contribution is 0.0696. The van der Waals surface area contributed by atoms with Gasteiger partial charge in [-0.3, -0.25) is 0 Å². The van der Waals surface area contributed by atoms with Crippen LogP contribution in [-0.4, -0.2) is 21.2 Å². The number of pyridine rings is 1. The number of carboxylic acids is 1. The van der Waals surface area contributed by atoms with Gasteiger partial charge in [0.15, 0.2) is 0 Å². The molecule has 2 aromatic rings. The van der Waals surface area contributed by atoms with Crippen molar-refractivity contribution in [2.75, 3.05) is 0 Å². The van der Waals surface area contributed by atoms with Crippen molar-refractivity contribution in [1.82, 2.24) is 4.98 Å². The average Bonchev–Trinajstić information content (AvgIpc) is 2.38. The second-order valence-corrected chi connectivity index (χ2v) is 4.08. The van der Waals surface area contributed by atoms with Gasteiger partial charge in [-0.2, -0.15) is 0 Å². The van der Waals surface area contributed by atoms with Crippen molar-refractivity contribution in [3.63, 3.8) is 0 Å². The van der Waals surface area contributed by atoms with Crippen molar-refractivity contribution in [1.29, 1.82) is 0 Å². The van der Waals surface area contributed by atoms with Crippen LogP contribution in [0.15, 0.2) is 36.4 Å². The van der Waals surface area contributed by atoms with E-state index in [0.29, 0.717) is 11.3 Å². The Bertz CT molecular complexity index is 615. The maximum absolute atomic E-state index is 10.9. The van der Waals surface area contributed by atoms with Gasteiger partial charge in [0.1, 0.15) is 10.9 Å². The van der Waals surface area contributed by atoms with Crippen molar-refractivity contribution in [2.45, 2.75) is 6.61 Å². The van der Waals surface area contributed by atoms with Gasteiger partial charge in [-0.1, -0.05) is 29.8 Å². The fraction of sp³-hybridized carbons (Fsp3) is 0.0769. The summed E-state index contributed by atoms with van der Waals surface area (Å²) in [6.45, 7) is -0.192. The first-order valence-corrected chi connectivity index (χ1v) is 5.75. The molecule has 1 aromatic heterocycles. The predicted octanol–water partition coefficient (Wildman–Crippen LogP) is 2.72. The summed E-state index contributed by atoms with van der Waals surface area (Å²) in [5.41, 5.74) is 0.553. The number of benzene rings is 1. The SMILES string of the molecule is O=C(O)c1cc(Cl)nc(Oc2ccccc2CO)c1. The zero-order valence-corrected chi connectivity index (χ0v) is 10.5. The Morgan fingerprint density at radius 2 is 2.05 bits per heavy atom. The highest BCUT2D eigenvalue weighted by atomic mass is 35.5. The number of hydrogen-bond acceptors (Lipinski definition) is 4. The molecule has 0 saturated heterocycles. The number of carboxylic acid groups (broad SMARTS) is 1. The van der Waals surface area contributed by atoms with Gasteiger partial charge in [-0.05, 0) is 12.1 Å². The smallest absolute Gasteiger partial charge is 0.335 e. The summed E-state index contributed by atoms with van der Waals surface area (Å²) >= 11 is 5.73. The molecule has 2 N–H and O–H groups in total. The van der Waals surface area contributed by atoms with Gasteiger partial charge in [-0.25, -0.2) is 9.78 Å². The summed E-state index contributed by atoms with van der Waals surface area (Å²) in [7, 11) is 0. The van der Waals surface area contributed by atoms with E-state index in [1.165, 1.54) is 12.1 Å². The van der Waals surface area contributed by atoms with Gasteiger partial charge < -0.3 is 14.9 Å². The Morgan fingerprint density at radius 1 is 1.32 bits per heavy atom. The van der Waals surface area contributed by atoms with Crippen molar-refractivity contribution in [2.24, 2.45) is 0 Å². The first-order chi connectivity index (χ1) is 9.10. The molecule has 0 aliphatic carbocycles. The van der Waals surface area contributed by atoms with Gasteiger partial charge in [0.2, 0.25) is 5.88 Å². The molecule has 0 saturated carbocycles. The van der Waals surface area contributed by atoms with Crippen molar-refractivity contribution < 1.29 is 19.7 Å². The highest BCUT2D eigenvalue weighted by Crippen LogP contribution is 2.26. The first kappa shape index (κ1) is 13.3. The molecule has 5 nitrogen and oxygen atoms in total. The van der Waals surface area contributed by atoms with Crippen LogP contribution in [-0.2, 0) is 6.61 Å². The second kappa shape index (κ2) is 5.69. The monoisotopic (exact) mass is 279 g/mol. The van der Waals surface area contributed by atoms with Crippen LogP contribution >= 0.6 is 11.6 Å². The number of hydrogen-bond donors (Lipinski definition) is 2. The molecule has 0 aliphatic rings. The van der Waals surface area contributed by atoms with E-state index in [9.17, 15) is 9.90 Å². The molecule has 98 valence electrons. The lowest BCUT2D eigenvalue weighted by Gasteiger charge is -2.09. The lowest BCUT2D eigenvalue weighted by Crippen LogP contribution is -1.99. The number of rotatable bonds is 4. The molecule has 0 bridgehead atoms. The molecule has 0 spiro atoms. The van der Waals surface area contributed by atoms with E-state index in [2.05, 4.69) is 4.98 Å². The lowest BCUT2D eigenvalue weighted by atomic mass is 10.2. The van der Waals surface area contributed by atoms with Crippen LogP contribution in [0, 0.1) is 0 Å². The van der Waals surface area contributed by atoms with Gasteiger partial charge in [0, 0.05) is 11.6 Å². The normalized spacial score (nSPS) is 10.2. The minimum Gasteiger partial charge on any atom is -0.478 e. The third-order valence-corrected chi connectivity index (χ3v) is 2.57. The van der Waals surface area contributed by atoms with Gasteiger partial charge in [-0.15, -0.1) is 0 Å². The summed E-state index contributed by atoms with van der Waals surface area (Å²) in [5.74, 6) is -0.661. The number of aromatic carboxylic acids is 1. The summed E-state index contributed by atoms with van der Waals surface area (Å²) in [6.07, 6.45) is 0. The van der Waals surface area contributed by atoms with Crippen LogP contribution in [0.5, 0.6) is 11.6 Å².